The number of piperazine rings is 1. The van der Waals surface area contributed by atoms with Gasteiger partial charge in [-0.1, -0.05) is 36.4 Å². The molecule has 1 atom stereocenters. The van der Waals surface area contributed by atoms with Crippen molar-refractivity contribution in [2.75, 3.05) is 45.1 Å². The number of hydrogen-bond acceptors (Lipinski definition) is 5. The molecule has 0 saturated carbocycles. The molecule has 176 valence electrons. The molecule has 33 heavy (non-hydrogen) atoms. The van der Waals surface area contributed by atoms with Gasteiger partial charge in [-0.15, -0.1) is 0 Å². The van der Waals surface area contributed by atoms with Crippen molar-refractivity contribution in [3.63, 3.8) is 0 Å². The fourth-order valence-electron chi connectivity index (χ4n) is 3.79. The quantitative estimate of drug-likeness (QED) is 0.456. The summed E-state index contributed by atoms with van der Waals surface area (Å²) in [4.78, 5) is 40.2. The molecule has 9 nitrogen and oxygen atoms in total. The summed E-state index contributed by atoms with van der Waals surface area (Å²) in [7, 11) is 2.09. The third kappa shape index (κ3) is 7.89. The number of nitrogens with zero attached hydrogens (tertiary/aromatic N) is 2. The Balaban J connectivity index is 1.52. The highest BCUT2D eigenvalue weighted by molar-refractivity contribution is 5.97. The van der Waals surface area contributed by atoms with Gasteiger partial charge < -0.3 is 26.6 Å². The van der Waals surface area contributed by atoms with Gasteiger partial charge in [0.25, 0.3) is 5.91 Å². The molecule has 4 amide bonds. The zero-order valence-corrected chi connectivity index (χ0v) is 18.9. The van der Waals surface area contributed by atoms with Gasteiger partial charge in [-0.05, 0) is 30.8 Å². The van der Waals surface area contributed by atoms with Gasteiger partial charge in [0, 0.05) is 63.0 Å². The lowest BCUT2D eigenvalue weighted by Crippen LogP contribution is -2.55. The second-order valence-corrected chi connectivity index (χ2v) is 8.26. The molecule has 1 heterocycles. The van der Waals surface area contributed by atoms with E-state index in [1.54, 1.807) is 24.3 Å². The lowest BCUT2D eigenvalue weighted by atomic mass is 10.1. The number of amides is 4. The minimum Gasteiger partial charge on any atom is -0.370 e. The Hall–Kier alpha value is -3.43. The number of rotatable bonds is 9. The fourth-order valence-corrected chi connectivity index (χ4v) is 3.79. The van der Waals surface area contributed by atoms with Gasteiger partial charge >= 0.3 is 6.03 Å². The summed E-state index contributed by atoms with van der Waals surface area (Å²) in [6.45, 7) is 4.32. The van der Waals surface area contributed by atoms with Crippen molar-refractivity contribution in [3.05, 3.63) is 65.7 Å². The van der Waals surface area contributed by atoms with Crippen molar-refractivity contribution in [2.45, 2.75) is 19.0 Å². The minimum atomic E-state index is -0.478. The van der Waals surface area contributed by atoms with Gasteiger partial charge in [-0.3, -0.25) is 14.5 Å². The average molecular weight is 453 g/mol. The van der Waals surface area contributed by atoms with Crippen LogP contribution in [0.15, 0.2) is 54.6 Å². The Morgan fingerprint density at radius 1 is 1.03 bits per heavy atom. The molecule has 1 fully saturated rings. The van der Waals surface area contributed by atoms with Crippen LogP contribution in [0.3, 0.4) is 0 Å². The van der Waals surface area contributed by atoms with Gasteiger partial charge in [-0.2, -0.15) is 0 Å². The number of likely N-dealkylation sites (N-methyl/N-ethyl adjacent to an activating group) is 1. The standard InChI is InChI=1S/C24H32N6O3/c1-29-12-13-30(16-18-6-3-2-4-7-18)21(17-29)15-27-24(33)28-20-9-5-8-19(14-20)23(32)26-11-10-22(25)31/h2-9,14,21H,10-13,15-17H2,1H3,(H2,25,31)(H,26,32)(H2,27,28,33). The van der Waals surface area contributed by atoms with Crippen LogP contribution in [0.2, 0.25) is 0 Å². The molecular weight excluding hydrogens is 420 g/mol. The van der Waals surface area contributed by atoms with E-state index in [4.69, 9.17) is 5.73 Å². The van der Waals surface area contributed by atoms with Gasteiger partial charge in [0.05, 0.1) is 0 Å². The lowest BCUT2D eigenvalue weighted by Gasteiger charge is -2.40. The molecule has 2 aromatic rings. The molecule has 1 saturated heterocycles. The Kier molecular flexibility index (Phi) is 8.79. The molecule has 1 aliphatic rings. The summed E-state index contributed by atoms with van der Waals surface area (Å²) in [6, 6.07) is 16.8. The van der Waals surface area contributed by atoms with Crippen molar-refractivity contribution >= 4 is 23.5 Å². The van der Waals surface area contributed by atoms with Crippen LogP contribution < -0.4 is 21.7 Å². The number of nitrogens with one attached hydrogen (secondary N) is 3. The molecule has 0 aromatic heterocycles. The number of nitrogens with two attached hydrogens (primary N) is 1. The Bertz CT molecular complexity index is 952. The largest absolute Gasteiger partial charge is 0.370 e. The van der Waals surface area contributed by atoms with Crippen molar-refractivity contribution in [2.24, 2.45) is 5.73 Å². The molecule has 0 bridgehead atoms. The molecule has 5 N–H and O–H groups in total. The third-order valence-electron chi connectivity index (χ3n) is 5.57. The number of carbonyl (C=O) groups is 3. The first kappa shape index (κ1) is 24.2. The monoisotopic (exact) mass is 452 g/mol. The van der Waals surface area contributed by atoms with Crippen LogP contribution >= 0.6 is 0 Å². The first-order valence-electron chi connectivity index (χ1n) is 11.1. The Morgan fingerprint density at radius 3 is 2.58 bits per heavy atom. The van der Waals surface area contributed by atoms with Crippen LogP contribution in [0.4, 0.5) is 10.5 Å². The van der Waals surface area contributed by atoms with E-state index in [0.29, 0.717) is 17.8 Å². The predicted molar refractivity (Wildman–Crippen MR) is 128 cm³/mol. The Morgan fingerprint density at radius 2 is 1.82 bits per heavy atom. The molecule has 2 aromatic carbocycles. The highest BCUT2D eigenvalue weighted by Crippen LogP contribution is 2.14. The highest BCUT2D eigenvalue weighted by Gasteiger charge is 2.25. The van der Waals surface area contributed by atoms with Crippen LogP contribution in [-0.4, -0.2) is 73.5 Å². The first-order chi connectivity index (χ1) is 15.9. The van der Waals surface area contributed by atoms with Gasteiger partial charge in [0.15, 0.2) is 0 Å². The molecular formula is C24H32N6O3. The summed E-state index contributed by atoms with van der Waals surface area (Å²) in [5.41, 5.74) is 7.24. The second kappa shape index (κ2) is 12.0. The van der Waals surface area contributed by atoms with E-state index in [0.717, 1.165) is 26.2 Å². The van der Waals surface area contributed by atoms with Gasteiger partial charge in [-0.25, -0.2) is 4.79 Å². The molecule has 3 rings (SSSR count). The first-order valence-corrected chi connectivity index (χ1v) is 11.1. The summed E-state index contributed by atoms with van der Waals surface area (Å²) in [5.74, 6) is -0.809. The number of anilines is 1. The van der Waals surface area contributed by atoms with Crippen LogP contribution in [0.5, 0.6) is 0 Å². The van der Waals surface area contributed by atoms with Crippen molar-refractivity contribution < 1.29 is 14.4 Å². The van der Waals surface area contributed by atoms with E-state index >= 15 is 0 Å². The third-order valence-corrected chi connectivity index (χ3v) is 5.57. The van der Waals surface area contributed by atoms with Crippen LogP contribution in [-0.2, 0) is 11.3 Å². The number of carbonyl (C=O) groups excluding carboxylic acids is 3. The molecule has 0 spiro atoms. The van der Waals surface area contributed by atoms with E-state index in [2.05, 4.69) is 44.9 Å². The highest BCUT2D eigenvalue weighted by atomic mass is 16.2. The van der Waals surface area contributed by atoms with Crippen LogP contribution in [0.25, 0.3) is 0 Å². The number of primary amides is 1. The lowest BCUT2D eigenvalue weighted by molar-refractivity contribution is -0.117. The summed E-state index contributed by atoms with van der Waals surface area (Å²) < 4.78 is 0. The van der Waals surface area contributed by atoms with Crippen molar-refractivity contribution in [1.82, 2.24) is 20.4 Å². The number of urea groups is 1. The average Bonchev–Trinajstić information content (AvgIpc) is 2.80. The van der Waals surface area contributed by atoms with E-state index in [9.17, 15) is 14.4 Å². The zero-order valence-electron chi connectivity index (χ0n) is 18.9. The van der Waals surface area contributed by atoms with Crippen molar-refractivity contribution in [3.8, 4) is 0 Å². The second-order valence-electron chi connectivity index (χ2n) is 8.26. The molecule has 9 heteroatoms. The fraction of sp³-hybridized carbons (Fsp3) is 0.375. The van der Waals surface area contributed by atoms with E-state index in [1.807, 2.05) is 18.2 Å². The van der Waals surface area contributed by atoms with E-state index in [-0.39, 0.29) is 30.9 Å². The maximum Gasteiger partial charge on any atom is 0.319 e. The molecule has 0 radical (unpaired) electrons. The van der Waals surface area contributed by atoms with Gasteiger partial charge in [0.1, 0.15) is 0 Å². The normalized spacial score (nSPS) is 16.7. The van der Waals surface area contributed by atoms with Crippen molar-refractivity contribution in [1.29, 1.82) is 0 Å². The summed E-state index contributed by atoms with van der Waals surface area (Å²) in [5, 5.41) is 8.38. The van der Waals surface area contributed by atoms with Crippen LogP contribution in [0, 0.1) is 0 Å². The van der Waals surface area contributed by atoms with E-state index < -0.39 is 5.91 Å². The van der Waals surface area contributed by atoms with E-state index in [1.165, 1.54) is 5.56 Å². The zero-order chi connectivity index (χ0) is 23.6. The van der Waals surface area contributed by atoms with Gasteiger partial charge in [0.2, 0.25) is 5.91 Å². The number of hydrogen-bond donors (Lipinski definition) is 4. The molecule has 1 aliphatic heterocycles. The predicted octanol–water partition coefficient (Wildman–Crippen LogP) is 1.23. The molecule has 0 aliphatic carbocycles. The topological polar surface area (TPSA) is 120 Å². The summed E-state index contributed by atoms with van der Waals surface area (Å²) >= 11 is 0. The molecule has 1 unspecified atom stereocenters. The maximum atomic E-state index is 12.5. The SMILES string of the molecule is CN1CCN(Cc2ccccc2)C(CNC(=O)Nc2cccc(C(=O)NCCC(N)=O)c2)C1. The number of benzene rings is 2. The summed E-state index contributed by atoms with van der Waals surface area (Å²) in [6.07, 6.45) is 0.0731. The smallest absolute Gasteiger partial charge is 0.319 e. The minimum absolute atomic E-state index is 0.0731. The maximum absolute atomic E-state index is 12.5. The Labute approximate surface area is 194 Å². The van der Waals surface area contributed by atoms with Crippen LogP contribution in [0.1, 0.15) is 22.3 Å².